The van der Waals surface area contributed by atoms with Crippen LogP contribution in [-0.4, -0.2) is 36.4 Å². The Morgan fingerprint density at radius 2 is 0.652 bits per heavy atom. The van der Waals surface area contributed by atoms with Gasteiger partial charge in [-0.15, -0.1) is 0 Å². The number of aliphatic hydroxyl groups excluding tert-OH is 1. The fraction of sp³-hybridized carbons (Fsp3) is 0.770. The second-order valence-corrected chi connectivity index (χ2v) is 19.0. The molecule has 382 valence electrons. The van der Waals surface area contributed by atoms with Crippen LogP contribution in [0.1, 0.15) is 284 Å². The van der Waals surface area contributed by atoms with Crippen LogP contribution >= 0.6 is 0 Å². The number of rotatable bonds is 52. The molecule has 0 bridgehead atoms. The lowest BCUT2D eigenvalue weighted by Crippen LogP contribution is -2.28. The molecule has 0 fully saturated rings. The van der Waals surface area contributed by atoms with Gasteiger partial charge in [-0.25, -0.2) is 0 Å². The van der Waals surface area contributed by atoms with E-state index in [-0.39, 0.29) is 25.2 Å². The van der Waals surface area contributed by atoms with E-state index in [4.69, 9.17) is 9.47 Å². The monoisotopic (exact) mass is 921 g/mol. The summed E-state index contributed by atoms with van der Waals surface area (Å²) >= 11 is 0. The van der Waals surface area contributed by atoms with Gasteiger partial charge in [-0.1, -0.05) is 260 Å². The third-order valence-electron chi connectivity index (χ3n) is 12.5. The number of carbonyl (C=O) groups excluding carboxylic acids is 2. The number of aliphatic hydroxyl groups is 1. The normalized spacial score (nSPS) is 12.7. The van der Waals surface area contributed by atoms with Crippen molar-refractivity contribution in [3.8, 4) is 0 Å². The Hall–Kier alpha value is -2.66. The summed E-state index contributed by atoms with van der Waals surface area (Å²) < 4.78 is 10.6. The summed E-state index contributed by atoms with van der Waals surface area (Å²) in [4.78, 5) is 24.4. The van der Waals surface area contributed by atoms with E-state index in [0.717, 1.165) is 77.0 Å². The molecule has 5 heteroatoms. The lowest BCUT2D eigenvalue weighted by Gasteiger charge is -2.15. The minimum Gasteiger partial charge on any atom is -0.462 e. The summed E-state index contributed by atoms with van der Waals surface area (Å²) in [7, 11) is 0. The summed E-state index contributed by atoms with van der Waals surface area (Å²) in [5.74, 6) is -0.618. The fourth-order valence-electron chi connectivity index (χ4n) is 8.23. The summed E-state index contributed by atoms with van der Waals surface area (Å²) in [6.45, 7) is 4.00. The van der Waals surface area contributed by atoms with E-state index < -0.39 is 6.10 Å². The van der Waals surface area contributed by atoms with Crippen molar-refractivity contribution in [2.24, 2.45) is 0 Å². The van der Waals surface area contributed by atoms with Gasteiger partial charge >= 0.3 is 11.9 Å². The van der Waals surface area contributed by atoms with Gasteiger partial charge in [0.2, 0.25) is 0 Å². The molecule has 5 nitrogen and oxygen atoms in total. The van der Waals surface area contributed by atoms with Gasteiger partial charge in [0.15, 0.2) is 6.10 Å². The van der Waals surface area contributed by atoms with Crippen LogP contribution in [0, 0.1) is 0 Å². The van der Waals surface area contributed by atoms with Crippen molar-refractivity contribution in [3.63, 3.8) is 0 Å². The van der Waals surface area contributed by atoms with Gasteiger partial charge in [0.05, 0.1) is 6.61 Å². The Kier molecular flexibility index (Phi) is 54.4. The zero-order valence-corrected chi connectivity index (χ0v) is 43.7. The molecule has 1 N–H and O–H groups in total. The maximum absolute atomic E-state index is 12.3. The molecule has 0 heterocycles. The number of carbonyl (C=O) groups is 2. The second kappa shape index (κ2) is 56.7. The number of hydrogen-bond acceptors (Lipinski definition) is 5. The Morgan fingerprint density at radius 3 is 1.00 bits per heavy atom. The van der Waals surface area contributed by atoms with E-state index in [9.17, 15) is 14.7 Å². The van der Waals surface area contributed by atoms with Gasteiger partial charge in [0.1, 0.15) is 6.61 Å². The van der Waals surface area contributed by atoms with Gasteiger partial charge in [0.25, 0.3) is 0 Å². The van der Waals surface area contributed by atoms with Crippen LogP contribution in [0.25, 0.3) is 0 Å². The topological polar surface area (TPSA) is 72.8 Å². The average Bonchev–Trinajstić information content (AvgIpc) is 3.32. The number of esters is 2. The minimum atomic E-state index is -0.784. The summed E-state index contributed by atoms with van der Waals surface area (Å²) in [5.41, 5.74) is 0. The van der Waals surface area contributed by atoms with Crippen LogP contribution in [-0.2, 0) is 19.1 Å². The number of unbranched alkanes of at least 4 members (excludes halogenated alkanes) is 32. The first-order chi connectivity index (χ1) is 32.6. The van der Waals surface area contributed by atoms with E-state index >= 15 is 0 Å². The third-order valence-corrected chi connectivity index (χ3v) is 12.5. The SMILES string of the molecule is CC/C=C\C/C=C\C/C=C\CCCCCC(=O)OCC(CO)OC(=O)CCCCCCCCCCCCCCCCCCCCCCCCCC/C=C\C/C=C\C/C=C\CCCCCCC. The van der Waals surface area contributed by atoms with Gasteiger partial charge in [-0.05, 0) is 83.5 Å². The first-order valence-electron chi connectivity index (χ1n) is 28.5. The maximum atomic E-state index is 12.3. The van der Waals surface area contributed by atoms with Gasteiger partial charge in [-0.3, -0.25) is 9.59 Å². The van der Waals surface area contributed by atoms with Crippen molar-refractivity contribution < 1.29 is 24.2 Å². The van der Waals surface area contributed by atoms with E-state index in [1.165, 1.54) is 180 Å². The second-order valence-electron chi connectivity index (χ2n) is 19.0. The molecule has 0 aliphatic heterocycles. The zero-order chi connectivity index (χ0) is 47.7. The zero-order valence-electron chi connectivity index (χ0n) is 43.7. The fourth-order valence-corrected chi connectivity index (χ4v) is 8.23. The first-order valence-corrected chi connectivity index (χ1v) is 28.5. The Balaban J connectivity index is 3.40. The number of ether oxygens (including phenoxy) is 2. The molecular weight excluding hydrogens is 813 g/mol. The molecule has 0 aromatic rings. The smallest absolute Gasteiger partial charge is 0.306 e. The van der Waals surface area contributed by atoms with E-state index in [1.807, 2.05) is 0 Å². The molecule has 0 spiro atoms. The van der Waals surface area contributed by atoms with Gasteiger partial charge in [-0.2, -0.15) is 0 Å². The van der Waals surface area contributed by atoms with Gasteiger partial charge < -0.3 is 14.6 Å². The predicted octanol–water partition coefficient (Wildman–Crippen LogP) is 19.2. The summed E-state index contributed by atoms with van der Waals surface area (Å²) in [6.07, 6.45) is 77.6. The molecule has 0 aliphatic carbocycles. The Bertz CT molecular complexity index is 1180. The molecule has 1 atom stereocenters. The van der Waals surface area contributed by atoms with Crippen LogP contribution in [0.4, 0.5) is 0 Å². The van der Waals surface area contributed by atoms with E-state index in [0.29, 0.717) is 12.8 Å². The van der Waals surface area contributed by atoms with E-state index in [1.54, 1.807) is 0 Å². The molecule has 0 rings (SSSR count). The van der Waals surface area contributed by atoms with E-state index in [2.05, 4.69) is 86.8 Å². The highest BCUT2D eigenvalue weighted by atomic mass is 16.6. The predicted molar refractivity (Wildman–Crippen MR) is 288 cm³/mol. The quantitative estimate of drug-likeness (QED) is 0.0374. The molecule has 0 aliphatic rings. The molecule has 0 amide bonds. The van der Waals surface area contributed by atoms with Crippen LogP contribution in [0.3, 0.4) is 0 Å². The summed E-state index contributed by atoms with van der Waals surface area (Å²) in [6, 6.07) is 0. The highest BCUT2D eigenvalue weighted by molar-refractivity contribution is 5.70. The molecule has 66 heavy (non-hydrogen) atoms. The van der Waals surface area contributed by atoms with Gasteiger partial charge in [0, 0.05) is 12.8 Å². The molecule has 0 saturated heterocycles. The van der Waals surface area contributed by atoms with Crippen molar-refractivity contribution in [3.05, 3.63) is 72.9 Å². The minimum absolute atomic E-state index is 0.0806. The Labute approximate surface area is 410 Å². The average molecular weight is 922 g/mol. The van der Waals surface area contributed by atoms with Crippen LogP contribution < -0.4 is 0 Å². The number of allylic oxidation sites excluding steroid dienone is 12. The van der Waals surface area contributed by atoms with Crippen molar-refractivity contribution >= 4 is 11.9 Å². The molecular formula is C61H108O5. The van der Waals surface area contributed by atoms with Crippen LogP contribution in [0.2, 0.25) is 0 Å². The van der Waals surface area contributed by atoms with Crippen LogP contribution in [0.5, 0.6) is 0 Å². The standard InChI is InChI=1S/C61H108O5/c1-3-5-7-9-11-13-15-17-18-19-20-21-22-23-24-25-26-27-28-29-30-31-32-33-34-35-36-37-38-39-40-41-42-44-46-48-50-52-54-56-61(64)66-59(57-62)58-65-60(63)55-53-51-49-47-45-43-16-14-12-10-8-6-4-2/h6,8,12,14-15,17,19-20,22-23,43,45,59,62H,3-5,7,9-11,13,16,18,21,24-42,44,46-58H2,1-2H3/b8-6-,14-12-,17-15-,20-19-,23-22-,45-43-. The highest BCUT2D eigenvalue weighted by Gasteiger charge is 2.16. The largest absolute Gasteiger partial charge is 0.462 e. The third kappa shape index (κ3) is 54.0. The molecule has 0 saturated carbocycles. The highest BCUT2D eigenvalue weighted by Crippen LogP contribution is 2.17. The first kappa shape index (κ1) is 63.3. The molecule has 1 unspecified atom stereocenters. The lowest BCUT2D eigenvalue weighted by atomic mass is 10.0. The molecule has 0 radical (unpaired) electrons. The van der Waals surface area contributed by atoms with Crippen molar-refractivity contribution in [1.82, 2.24) is 0 Å². The van der Waals surface area contributed by atoms with Crippen molar-refractivity contribution in [2.75, 3.05) is 13.2 Å². The van der Waals surface area contributed by atoms with Crippen LogP contribution in [0.15, 0.2) is 72.9 Å². The number of hydrogen-bond donors (Lipinski definition) is 1. The molecule has 0 aromatic carbocycles. The summed E-state index contributed by atoms with van der Waals surface area (Å²) in [5, 5.41) is 9.61. The molecule has 0 aromatic heterocycles. The van der Waals surface area contributed by atoms with Crippen molar-refractivity contribution in [1.29, 1.82) is 0 Å². The lowest BCUT2D eigenvalue weighted by molar-refractivity contribution is -0.161. The Morgan fingerprint density at radius 1 is 0.364 bits per heavy atom. The van der Waals surface area contributed by atoms with Crippen molar-refractivity contribution in [2.45, 2.75) is 290 Å². The maximum Gasteiger partial charge on any atom is 0.306 e.